The smallest absolute Gasteiger partial charge is 0.253 e. The number of hydrogen-bond acceptors (Lipinski definition) is 6. The van der Waals surface area contributed by atoms with Crippen LogP contribution in [0.1, 0.15) is 42.5 Å². The Labute approximate surface area is 197 Å². The standard InChI is InChI=1S/C23H25ClN2O6S/c1-33(29,30)13-10-18(26-21(27)16-6-2-3-7-17(16)24)22(28)25-15-8-9-19-20(14-15)32-23(31-19)11-4-5-12-23/h2-3,6-9,14,18H,4-5,10-13H2,1H3,(H,25,28)(H,26,27)/t18-/m0/s1. The van der Waals surface area contributed by atoms with Crippen molar-refractivity contribution in [3.63, 3.8) is 0 Å². The number of rotatable bonds is 7. The minimum Gasteiger partial charge on any atom is -0.448 e. The van der Waals surface area contributed by atoms with Crippen molar-refractivity contribution in [1.82, 2.24) is 5.32 Å². The van der Waals surface area contributed by atoms with Gasteiger partial charge in [-0.2, -0.15) is 0 Å². The van der Waals surface area contributed by atoms with Gasteiger partial charge in [0.1, 0.15) is 15.9 Å². The van der Waals surface area contributed by atoms with Gasteiger partial charge < -0.3 is 20.1 Å². The predicted octanol–water partition coefficient (Wildman–Crippen LogP) is 3.55. The van der Waals surface area contributed by atoms with Crippen LogP contribution in [0.15, 0.2) is 42.5 Å². The second kappa shape index (κ2) is 9.23. The molecule has 1 spiro atoms. The first-order valence-corrected chi connectivity index (χ1v) is 13.1. The summed E-state index contributed by atoms with van der Waals surface area (Å²) in [6.45, 7) is 0. The molecule has 2 amide bonds. The summed E-state index contributed by atoms with van der Waals surface area (Å²) in [5, 5.41) is 5.57. The number of nitrogens with one attached hydrogen (secondary N) is 2. The van der Waals surface area contributed by atoms with Gasteiger partial charge in [-0.15, -0.1) is 0 Å². The lowest BCUT2D eigenvalue weighted by atomic mass is 10.1. The molecule has 8 nitrogen and oxygen atoms in total. The minimum atomic E-state index is -3.35. The van der Waals surface area contributed by atoms with Gasteiger partial charge in [0.15, 0.2) is 11.5 Å². The van der Waals surface area contributed by atoms with E-state index in [1.807, 2.05) is 0 Å². The first-order chi connectivity index (χ1) is 15.6. The van der Waals surface area contributed by atoms with E-state index in [-0.39, 0.29) is 22.8 Å². The van der Waals surface area contributed by atoms with E-state index in [2.05, 4.69) is 10.6 Å². The summed E-state index contributed by atoms with van der Waals surface area (Å²) in [6, 6.07) is 10.4. The van der Waals surface area contributed by atoms with Crippen LogP contribution in [-0.2, 0) is 14.6 Å². The first kappa shape index (κ1) is 23.4. The maximum absolute atomic E-state index is 13.0. The van der Waals surface area contributed by atoms with Crippen LogP contribution in [0.5, 0.6) is 11.5 Å². The fraction of sp³-hybridized carbons (Fsp3) is 0.391. The van der Waals surface area contributed by atoms with Crippen LogP contribution in [0, 0.1) is 0 Å². The largest absolute Gasteiger partial charge is 0.448 e. The maximum atomic E-state index is 13.0. The van der Waals surface area contributed by atoms with Gasteiger partial charge >= 0.3 is 0 Å². The summed E-state index contributed by atoms with van der Waals surface area (Å²) in [7, 11) is -3.35. The van der Waals surface area contributed by atoms with Gasteiger partial charge in [0.25, 0.3) is 11.7 Å². The lowest BCUT2D eigenvalue weighted by molar-refractivity contribution is -0.118. The monoisotopic (exact) mass is 492 g/mol. The van der Waals surface area contributed by atoms with E-state index in [1.54, 1.807) is 36.4 Å². The third-order valence-electron chi connectivity index (χ3n) is 5.69. The fourth-order valence-electron chi connectivity index (χ4n) is 4.00. The molecule has 0 bridgehead atoms. The Bertz CT molecular complexity index is 1180. The lowest BCUT2D eigenvalue weighted by Crippen LogP contribution is -2.44. The first-order valence-electron chi connectivity index (χ1n) is 10.7. The summed E-state index contributed by atoms with van der Waals surface area (Å²) in [5.41, 5.74) is 0.648. The van der Waals surface area contributed by atoms with Crippen molar-refractivity contribution >= 4 is 38.9 Å². The van der Waals surface area contributed by atoms with E-state index in [0.717, 1.165) is 31.9 Å². The zero-order valence-electron chi connectivity index (χ0n) is 18.1. The van der Waals surface area contributed by atoms with Crippen molar-refractivity contribution in [3.05, 3.63) is 53.1 Å². The molecular formula is C23H25ClN2O6S. The van der Waals surface area contributed by atoms with Crippen molar-refractivity contribution in [1.29, 1.82) is 0 Å². The number of amides is 2. The summed E-state index contributed by atoms with van der Waals surface area (Å²) >= 11 is 6.08. The van der Waals surface area contributed by atoms with E-state index in [0.29, 0.717) is 17.2 Å². The Balaban J connectivity index is 1.48. The molecule has 4 rings (SSSR count). The number of ether oxygens (including phenoxy) is 2. The highest BCUT2D eigenvalue weighted by Gasteiger charge is 2.44. The molecule has 1 fully saturated rings. The summed E-state index contributed by atoms with van der Waals surface area (Å²) in [6.07, 6.45) is 4.68. The molecule has 0 radical (unpaired) electrons. The molecular weight excluding hydrogens is 468 g/mol. The Kier molecular flexibility index (Phi) is 6.54. The number of anilines is 1. The highest BCUT2D eigenvalue weighted by molar-refractivity contribution is 7.90. The quantitative estimate of drug-likeness (QED) is 0.611. The van der Waals surface area contributed by atoms with Crippen LogP contribution >= 0.6 is 11.6 Å². The van der Waals surface area contributed by atoms with Gasteiger partial charge in [-0.25, -0.2) is 8.42 Å². The summed E-state index contributed by atoms with van der Waals surface area (Å²) < 4.78 is 35.4. The topological polar surface area (TPSA) is 111 Å². The molecule has 2 aliphatic rings. The molecule has 0 unspecified atom stereocenters. The van der Waals surface area contributed by atoms with E-state index in [4.69, 9.17) is 21.1 Å². The molecule has 2 N–H and O–H groups in total. The molecule has 1 aliphatic carbocycles. The highest BCUT2D eigenvalue weighted by Crippen LogP contribution is 2.47. The van der Waals surface area contributed by atoms with Crippen molar-refractivity contribution in [3.8, 4) is 11.5 Å². The Morgan fingerprint density at radius 3 is 2.48 bits per heavy atom. The molecule has 1 saturated carbocycles. The Hall–Kier alpha value is -2.78. The number of hydrogen-bond donors (Lipinski definition) is 2. The second-order valence-corrected chi connectivity index (χ2v) is 11.1. The van der Waals surface area contributed by atoms with Crippen LogP contribution < -0.4 is 20.1 Å². The van der Waals surface area contributed by atoms with E-state index < -0.39 is 33.5 Å². The van der Waals surface area contributed by atoms with E-state index in [9.17, 15) is 18.0 Å². The van der Waals surface area contributed by atoms with Gasteiger partial charge in [-0.3, -0.25) is 9.59 Å². The molecule has 0 aromatic heterocycles. The van der Waals surface area contributed by atoms with Crippen LogP contribution in [0.25, 0.3) is 0 Å². The Morgan fingerprint density at radius 1 is 1.09 bits per heavy atom. The SMILES string of the molecule is CS(=O)(=O)CC[C@H](NC(=O)c1ccccc1Cl)C(=O)Nc1ccc2c(c1)OC1(CCCC1)O2. The molecule has 1 atom stereocenters. The van der Waals surface area contributed by atoms with Gasteiger partial charge in [-0.1, -0.05) is 23.7 Å². The van der Waals surface area contributed by atoms with E-state index >= 15 is 0 Å². The van der Waals surface area contributed by atoms with E-state index in [1.165, 1.54) is 6.07 Å². The van der Waals surface area contributed by atoms with Crippen molar-refractivity contribution in [2.45, 2.75) is 43.9 Å². The van der Waals surface area contributed by atoms with Crippen LogP contribution in [-0.4, -0.2) is 44.1 Å². The normalized spacial score (nSPS) is 17.0. The second-order valence-electron chi connectivity index (χ2n) is 8.40. The van der Waals surface area contributed by atoms with Crippen LogP contribution in [0.2, 0.25) is 5.02 Å². The Morgan fingerprint density at radius 2 is 1.79 bits per heavy atom. The number of benzene rings is 2. The van der Waals surface area contributed by atoms with Gasteiger partial charge in [-0.05, 0) is 43.5 Å². The van der Waals surface area contributed by atoms with Gasteiger partial charge in [0, 0.05) is 30.9 Å². The van der Waals surface area contributed by atoms with Gasteiger partial charge in [0.2, 0.25) is 5.91 Å². The average Bonchev–Trinajstić information content (AvgIpc) is 3.35. The summed E-state index contributed by atoms with van der Waals surface area (Å²) in [5.74, 6) is -0.835. The molecule has 0 saturated heterocycles. The highest BCUT2D eigenvalue weighted by atomic mass is 35.5. The third kappa shape index (κ3) is 5.59. The lowest BCUT2D eigenvalue weighted by Gasteiger charge is -2.21. The number of carbonyl (C=O) groups is 2. The number of carbonyl (C=O) groups excluding carboxylic acids is 2. The molecule has 10 heteroatoms. The number of fused-ring (bicyclic) bond motifs is 1. The zero-order valence-corrected chi connectivity index (χ0v) is 19.7. The molecule has 2 aromatic rings. The zero-order chi connectivity index (χ0) is 23.6. The third-order valence-corrected chi connectivity index (χ3v) is 6.99. The number of sulfone groups is 1. The van der Waals surface area contributed by atoms with Crippen molar-refractivity contribution in [2.24, 2.45) is 0 Å². The van der Waals surface area contributed by atoms with Crippen LogP contribution in [0.3, 0.4) is 0 Å². The maximum Gasteiger partial charge on any atom is 0.253 e. The van der Waals surface area contributed by atoms with Crippen molar-refractivity contribution < 1.29 is 27.5 Å². The van der Waals surface area contributed by atoms with Crippen molar-refractivity contribution in [2.75, 3.05) is 17.3 Å². The molecule has 176 valence electrons. The molecule has 1 heterocycles. The average molecular weight is 493 g/mol. The fourth-order valence-corrected chi connectivity index (χ4v) is 4.89. The summed E-state index contributed by atoms with van der Waals surface area (Å²) in [4.78, 5) is 25.7. The predicted molar refractivity (Wildman–Crippen MR) is 125 cm³/mol. The molecule has 1 aliphatic heterocycles. The molecule has 2 aromatic carbocycles. The number of halogens is 1. The van der Waals surface area contributed by atoms with Crippen LogP contribution in [0.4, 0.5) is 5.69 Å². The minimum absolute atomic E-state index is 0.0888. The molecule has 33 heavy (non-hydrogen) atoms. The van der Waals surface area contributed by atoms with Gasteiger partial charge in [0.05, 0.1) is 16.3 Å².